The van der Waals surface area contributed by atoms with Crippen LogP contribution in [-0.2, 0) is 6.54 Å². The van der Waals surface area contributed by atoms with Gasteiger partial charge in [-0.25, -0.2) is 14.5 Å². The average molecular weight is 335 g/mol. The maximum absolute atomic E-state index is 12.3. The van der Waals surface area contributed by atoms with Gasteiger partial charge in [0.25, 0.3) is 0 Å². The molecule has 1 N–H and O–H groups in total. The van der Waals surface area contributed by atoms with E-state index in [0.717, 1.165) is 44.0 Å². The van der Waals surface area contributed by atoms with Gasteiger partial charge in [-0.3, -0.25) is 9.88 Å². The Morgan fingerprint density at radius 2 is 1.92 bits per heavy atom. The molecule has 1 aliphatic heterocycles. The molecule has 1 saturated heterocycles. The lowest BCUT2D eigenvalue weighted by molar-refractivity contribution is 0.195. The summed E-state index contributed by atoms with van der Waals surface area (Å²) in [6.07, 6.45) is 5.81. The number of H-pyrrole nitrogens is 1. The minimum absolute atomic E-state index is 0.174. The fourth-order valence-electron chi connectivity index (χ4n) is 3.57. The van der Waals surface area contributed by atoms with Crippen LogP contribution in [0.1, 0.15) is 30.1 Å². The van der Waals surface area contributed by atoms with E-state index < -0.39 is 0 Å². The lowest BCUT2D eigenvalue weighted by Gasteiger charge is -2.32. The Balaban J connectivity index is 1.57. The first-order chi connectivity index (χ1) is 12.3. The molecule has 0 amide bonds. The van der Waals surface area contributed by atoms with E-state index in [-0.39, 0.29) is 11.6 Å². The molecule has 1 aliphatic rings. The molecule has 0 spiro atoms. The van der Waals surface area contributed by atoms with Gasteiger partial charge in [-0.2, -0.15) is 5.10 Å². The maximum atomic E-state index is 12.3. The van der Waals surface area contributed by atoms with Crippen molar-refractivity contribution in [3.05, 3.63) is 76.7 Å². The first-order valence-corrected chi connectivity index (χ1v) is 8.65. The monoisotopic (exact) mass is 335 g/mol. The van der Waals surface area contributed by atoms with E-state index in [0.29, 0.717) is 0 Å². The molecule has 0 radical (unpaired) electrons. The van der Waals surface area contributed by atoms with E-state index in [2.05, 4.69) is 32.2 Å². The van der Waals surface area contributed by atoms with Crippen LogP contribution in [0, 0.1) is 0 Å². The predicted octanol–water partition coefficient (Wildman–Crippen LogP) is 2.34. The molecule has 4 rings (SSSR count). The summed E-state index contributed by atoms with van der Waals surface area (Å²) in [5.41, 5.74) is 1.95. The number of benzene rings is 1. The Labute approximate surface area is 146 Å². The third kappa shape index (κ3) is 3.39. The number of nitrogens with zero attached hydrogens (tertiary/aromatic N) is 4. The van der Waals surface area contributed by atoms with Crippen molar-refractivity contribution in [3.8, 4) is 5.69 Å². The van der Waals surface area contributed by atoms with Crippen LogP contribution in [0.2, 0.25) is 0 Å². The minimum atomic E-state index is -0.174. The third-order valence-corrected chi connectivity index (χ3v) is 4.74. The van der Waals surface area contributed by atoms with Crippen LogP contribution in [0.15, 0.2) is 59.7 Å². The van der Waals surface area contributed by atoms with Crippen molar-refractivity contribution in [2.24, 2.45) is 0 Å². The summed E-state index contributed by atoms with van der Waals surface area (Å²) in [6, 6.07) is 13.8. The van der Waals surface area contributed by atoms with Crippen molar-refractivity contribution in [2.75, 3.05) is 13.1 Å². The highest BCUT2D eigenvalue weighted by atomic mass is 16.1. The van der Waals surface area contributed by atoms with Crippen LogP contribution >= 0.6 is 0 Å². The molecule has 6 heteroatoms. The van der Waals surface area contributed by atoms with Crippen LogP contribution < -0.4 is 5.69 Å². The first-order valence-electron chi connectivity index (χ1n) is 8.65. The van der Waals surface area contributed by atoms with Crippen LogP contribution in [0.4, 0.5) is 0 Å². The van der Waals surface area contributed by atoms with Crippen LogP contribution in [0.3, 0.4) is 0 Å². The van der Waals surface area contributed by atoms with Gasteiger partial charge in [0, 0.05) is 31.4 Å². The fraction of sp³-hybridized carbons (Fsp3) is 0.316. The predicted molar refractivity (Wildman–Crippen MR) is 95.7 cm³/mol. The smallest absolute Gasteiger partial charge is 0.298 e. The molecule has 0 unspecified atom stereocenters. The summed E-state index contributed by atoms with van der Waals surface area (Å²) < 4.78 is 1.71. The van der Waals surface area contributed by atoms with Gasteiger partial charge in [0.2, 0.25) is 0 Å². The van der Waals surface area contributed by atoms with Crippen molar-refractivity contribution in [3.63, 3.8) is 0 Å². The van der Waals surface area contributed by atoms with Gasteiger partial charge in [0.1, 0.15) is 5.82 Å². The lowest BCUT2D eigenvalue weighted by Crippen LogP contribution is -2.35. The van der Waals surface area contributed by atoms with Crippen molar-refractivity contribution in [1.29, 1.82) is 0 Å². The van der Waals surface area contributed by atoms with Gasteiger partial charge < -0.3 is 0 Å². The molecular weight excluding hydrogens is 314 g/mol. The summed E-state index contributed by atoms with van der Waals surface area (Å²) in [7, 11) is 0. The average Bonchev–Trinajstić information content (AvgIpc) is 3.05. The highest BCUT2D eigenvalue weighted by Gasteiger charge is 2.26. The van der Waals surface area contributed by atoms with Crippen molar-refractivity contribution < 1.29 is 0 Å². The number of likely N-dealkylation sites (tertiary alicyclic amines) is 1. The number of nitrogens with one attached hydrogen (secondary N) is 1. The zero-order valence-electron chi connectivity index (χ0n) is 14.0. The van der Waals surface area contributed by atoms with Gasteiger partial charge in [0.05, 0.1) is 5.69 Å². The van der Waals surface area contributed by atoms with Crippen LogP contribution in [-0.4, -0.2) is 37.7 Å². The second-order valence-electron chi connectivity index (χ2n) is 6.49. The van der Waals surface area contributed by atoms with Gasteiger partial charge >= 0.3 is 5.69 Å². The normalized spacial score (nSPS) is 18.3. The molecule has 1 aromatic carbocycles. The molecule has 0 aliphatic carbocycles. The van der Waals surface area contributed by atoms with Gasteiger partial charge in [-0.15, -0.1) is 0 Å². The minimum Gasteiger partial charge on any atom is -0.298 e. The molecule has 1 fully saturated rings. The highest BCUT2D eigenvalue weighted by molar-refractivity contribution is 5.32. The first kappa shape index (κ1) is 15.8. The molecule has 6 nitrogen and oxygen atoms in total. The van der Waals surface area contributed by atoms with Gasteiger partial charge in [0.15, 0.2) is 0 Å². The molecule has 128 valence electrons. The standard InChI is InChI=1S/C19H21N5O/c25-19-22-21-18(24(19)17-6-2-1-3-7-17)16-5-4-12-23(14-16)13-15-8-10-20-11-9-15/h1-3,6-11,16H,4-5,12-14H2,(H,22,25)/t16-/m1/s1. The Morgan fingerprint density at radius 1 is 1.12 bits per heavy atom. The molecule has 2 aromatic heterocycles. The Kier molecular flexibility index (Phi) is 4.43. The maximum Gasteiger partial charge on any atom is 0.347 e. The van der Waals surface area contributed by atoms with Gasteiger partial charge in [-0.1, -0.05) is 18.2 Å². The molecule has 3 heterocycles. The van der Waals surface area contributed by atoms with E-state index in [1.54, 1.807) is 4.57 Å². The highest BCUT2D eigenvalue weighted by Crippen LogP contribution is 2.27. The largest absolute Gasteiger partial charge is 0.347 e. The summed E-state index contributed by atoms with van der Waals surface area (Å²) in [4.78, 5) is 18.8. The number of aromatic nitrogens is 4. The number of piperidine rings is 1. The lowest BCUT2D eigenvalue weighted by atomic mass is 9.96. The van der Waals surface area contributed by atoms with Crippen molar-refractivity contribution >= 4 is 0 Å². The zero-order valence-corrected chi connectivity index (χ0v) is 14.0. The number of rotatable bonds is 4. The number of para-hydroxylation sites is 1. The molecule has 25 heavy (non-hydrogen) atoms. The van der Waals surface area contributed by atoms with Crippen LogP contribution in [0.5, 0.6) is 0 Å². The van der Waals surface area contributed by atoms with E-state index in [1.807, 2.05) is 42.7 Å². The van der Waals surface area contributed by atoms with E-state index in [1.165, 1.54) is 5.56 Å². The molecule has 3 aromatic rings. The summed E-state index contributed by atoms with van der Waals surface area (Å²) >= 11 is 0. The Morgan fingerprint density at radius 3 is 2.72 bits per heavy atom. The third-order valence-electron chi connectivity index (χ3n) is 4.74. The number of pyridine rings is 1. The Hall–Kier alpha value is -2.73. The Bertz CT molecular complexity index is 872. The summed E-state index contributed by atoms with van der Waals surface area (Å²) in [5.74, 6) is 1.07. The molecular formula is C19H21N5O. The van der Waals surface area contributed by atoms with Crippen molar-refractivity contribution in [1.82, 2.24) is 24.6 Å². The number of hydrogen-bond acceptors (Lipinski definition) is 4. The number of aromatic amines is 1. The van der Waals surface area contributed by atoms with Crippen molar-refractivity contribution in [2.45, 2.75) is 25.3 Å². The fourth-order valence-corrected chi connectivity index (χ4v) is 3.57. The second kappa shape index (κ2) is 7.03. The SMILES string of the molecule is O=c1[nH]nc([C@@H]2CCCN(Cc3ccncc3)C2)n1-c1ccccc1. The quantitative estimate of drug-likeness (QED) is 0.795. The topological polar surface area (TPSA) is 66.8 Å². The van der Waals surface area contributed by atoms with E-state index in [4.69, 9.17) is 0 Å². The number of hydrogen-bond donors (Lipinski definition) is 1. The summed E-state index contributed by atoms with van der Waals surface area (Å²) in [5, 5.41) is 6.97. The second-order valence-corrected chi connectivity index (χ2v) is 6.49. The molecule has 0 bridgehead atoms. The van der Waals surface area contributed by atoms with E-state index in [9.17, 15) is 4.79 Å². The summed E-state index contributed by atoms with van der Waals surface area (Å²) in [6.45, 7) is 2.87. The molecule has 0 saturated carbocycles. The molecule has 1 atom stereocenters. The van der Waals surface area contributed by atoms with Gasteiger partial charge in [-0.05, 0) is 49.2 Å². The zero-order chi connectivity index (χ0) is 17.1. The van der Waals surface area contributed by atoms with Crippen LogP contribution in [0.25, 0.3) is 5.69 Å². The van der Waals surface area contributed by atoms with E-state index >= 15 is 0 Å².